The molecule has 0 aliphatic carbocycles. The second kappa shape index (κ2) is 5.66. The van der Waals surface area contributed by atoms with Crippen LogP contribution in [0.15, 0.2) is 60.8 Å². The fourth-order valence-electron chi connectivity index (χ4n) is 3.75. The second-order valence-electron chi connectivity index (χ2n) is 6.63. The van der Waals surface area contributed by atoms with Gasteiger partial charge in [0.15, 0.2) is 11.8 Å². The third-order valence-electron chi connectivity index (χ3n) is 5.11. The van der Waals surface area contributed by atoms with Crippen molar-refractivity contribution < 1.29 is 4.58 Å². The summed E-state index contributed by atoms with van der Waals surface area (Å²) in [6.45, 7) is 5.99. The van der Waals surface area contributed by atoms with Gasteiger partial charge in [-0.15, -0.1) is 10.2 Å². The minimum atomic E-state index is 0.835. The molecule has 26 heavy (non-hydrogen) atoms. The summed E-state index contributed by atoms with van der Waals surface area (Å²) in [6.07, 6.45) is 4.33. The highest BCUT2D eigenvalue weighted by Gasteiger charge is 2.26. The lowest BCUT2D eigenvalue weighted by Crippen LogP contribution is -2.25. The molecule has 5 heteroatoms. The zero-order valence-corrected chi connectivity index (χ0v) is 14.9. The number of hydrogen-bond acceptors (Lipinski definition) is 2. The Kier molecular flexibility index (Phi) is 3.28. The lowest BCUT2D eigenvalue weighted by atomic mass is 10.1. The van der Waals surface area contributed by atoms with Gasteiger partial charge in [0.1, 0.15) is 18.1 Å². The number of fused-ring (bicyclic) bond motifs is 3. The van der Waals surface area contributed by atoms with E-state index in [9.17, 15) is 0 Å². The number of hydrogen-bond donors (Lipinski definition) is 0. The smallest absolute Gasteiger partial charge is 0.235 e. The highest BCUT2D eigenvalue weighted by Crippen LogP contribution is 2.25. The van der Waals surface area contributed by atoms with Crippen LogP contribution in [0, 0.1) is 6.92 Å². The lowest BCUT2D eigenvalue weighted by molar-refractivity contribution is -0.462. The standard InChI is InChI=1S/C21H20N5/c1-3-24-12-11-17(24)19-13-20-18(9-10-21-23-22-15(2)26(20)21)25(19)14-16-7-5-4-6-8-16/h4-13H,3,14H2,1-2H3/q+1. The Balaban J connectivity index is 1.79. The summed E-state index contributed by atoms with van der Waals surface area (Å²) in [4.78, 5) is 0. The molecule has 0 radical (unpaired) electrons. The van der Waals surface area contributed by atoms with Gasteiger partial charge in [-0.25, -0.2) is 0 Å². The van der Waals surface area contributed by atoms with E-state index < -0.39 is 0 Å². The number of aryl methyl sites for hydroxylation is 1. The first-order valence-electron chi connectivity index (χ1n) is 8.96. The van der Waals surface area contributed by atoms with Gasteiger partial charge in [-0.2, -0.15) is 4.58 Å². The van der Waals surface area contributed by atoms with Crippen LogP contribution in [0.3, 0.4) is 0 Å². The van der Waals surface area contributed by atoms with Crippen molar-refractivity contribution in [3.63, 3.8) is 0 Å². The van der Waals surface area contributed by atoms with Gasteiger partial charge in [0.2, 0.25) is 5.71 Å². The SMILES string of the molecule is CC[N+]1=C(c2cc3c(ccc4nnc(C)n43)n2Cc2ccccc2)C=C1. The van der Waals surface area contributed by atoms with Crippen molar-refractivity contribution in [3.05, 3.63) is 77.9 Å². The Morgan fingerprint density at radius 3 is 2.58 bits per heavy atom. The summed E-state index contributed by atoms with van der Waals surface area (Å²) in [7, 11) is 0. The molecule has 0 saturated heterocycles. The molecule has 1 aliphatic heterocycles. The number of pyridine rings is 1. The van der Waals surface area contributed by atoms with Gasteiger partial charge in [0.25, 0.3) is 0 Å². The summed E-state index contributed by atoms with van der Waals surface area (Å²) in [5, 5.41) is 8.53. The van der Waals surface area contributed by atoms with E-state index in [0.717, 1.165) is 30.1 Å². The van der Waals surface area contributed by atoms with E-state index in [2.05, 4.69) is 85.4 Å². The molecule has 0 amide bonds. The summed E-state index contributed by atoms with van der Waals surface area (Å²) in [6, 6.07) is 17.1. The third kappa shape index (κ3) is 2.13. The van der Waals surface area contributed by atoms with E-state index in [-0.39, 0.29) is 0 Å². The van der Waals surface area contributed by atoms with Crippen molar-refractivity contribution in [3.8, 4) is 0 Å². The first kappa shape index (κ1) is 15.1. The number of allylic oxidation sites excluding steroid dienone is 1. The Morgan fingerprint density at radius 2 is 1.85 bits per heavy atom. The van der Waals surface area contributed by atoms with E-state index in [4.69, 9.17) is 0 Å². The first-order valence-corrected chi connectivity index (χ1v) is 8.96. The van der Waals surface area contributed by atoms with Crippen LogP contribution >= 0.6 is 0 Å². The molecule has 0 unspecified atom stereocenters. The predicted octanol–water partition coefficient (Wildman–Crippen LogP) is 3.39. The third-order valence-corrected chi connectivity index (χ3v) is 5.11. The van der Waals surface area contributed by atoms with Gasteiger partial charge >= 0.3 is 0 Å². The van der Waals surface area contributed by atoms with Crippen LogP contribution < -0.4 is 0 Å². The van der Waals surface area contributed by atoms with Crippen LogP contribution in [0.2, 0.25) is 0 Å². The van der Waals surface area contributed by atoms with Crippen LogP contribution in [0.4, 0.5) is 0 Å². The summed E-state index contributed by atoms with van der Waals surface area (Å²) in [5.41, 5.74) is 7.02. The Bertz CT molecular complexity index is 1190. The molecule has 0 fully saturated rings. The van der Waals surface area contributed by atoms with Crippen molar-refractivity contribution in [2.24, 2.45) is 0 Å². The maximum atomic E-state index is 4.27. The summed E-state index contributed by atoms with van der Waals surface area (Å²) in [5.74, 6) is 0.913. The van der Waals surface area contributed by atoms with Gasteiger partial charge < -0.3 is 4.57 Å². The number of rotatable bonds is 4. The Labute approximate surface area is 151 Å². The average molecular weight is 342 g/mol. The Morgan fingerprint density at radius 1 is 1.00 bits per heavy atom. The molecule has 0 saturated carbocycles. The predicted molar refractivity (Wildman–Crippen MR) is 103 cm³/mol. The second-order valence-corrected chi connectivity index (χ2v) is 6.63. The highest BCUT2D eigenvalue weighted by atomic mass is 15.2. The van der Waals surface area contributed by atoms with Crippen LogP contribution in [0.25, 0.3) is 16.7 Å². The minimum Gasteiger partial charge on any atom is -0.330 e. The maximum Gasteiger partial charge on any atom is 0.235 e. The molecular weight excluding hydrogens is 322 g/mol. The fraction of sp³-hybridized carbons (Fsp3) is 0.190. The van der Waals surface area contributed by atoms with Crippen molar-refractivity contribution >= 4 is 22.4 Å². The van der Waals surface area contributed by atoms with Gasteiger partial charge in [-0.3, -0.25) is 4.40 Å². The van der Waals surface area contributed by atoms with Crippen molar-refractivity contribution in [2.45, 2.75) is 20.4 Å². The maximum absolute atomic E-state index is 4.27. The lowest BCUT2D eigenvalue weighted by Gasteiger charge is -2.13. The zero-order chi connectivity index (χ0) is 17.7. The highest BCUT2D eigenvalue weighted by molar-refractivity contribution is 6.09. The van der Waals surface area contributed by atoms with E-state index in [1.54, 1.807) is 0 Å². The number of benzene rings is 1. The van der Waals surface area contributed by atoms with Gasteiger partial charge in [-0.05, 0) is 37.6 Å². The normalized spacial score (nSPS) is 13.8. The van der Waals surface area contributed by atoms with Gasteiger partial charge in [0, 0.05) is 6.54 Å². The molecule has 0 bridgehead atoms. The van der Waals surface area contributed by atoms with E-state index in [1.165, 1.54) is 22.5 Å². The number of aromatic nitrogens is 4. The van der Waals surface area contributed by atoms with Crippen LogP contribution in [0.1, 0.15) is 24.0 Å². The monoisotopic (exact) mass is 342 g/mol. The molecular formula is C21H20N5+. The van der Waals surface area contributed by atoms with Crippen molar-refractivity contribution in [1.29, 1.82) is 0 Å². The van der Waals surface area contributed by atoms with Crippen LogP contribution in [-0.4, -0.2) is 36.0 Å². The van der Waals surface area contributed by atoms with Crippen LogP contribution in [0.5, 0.6) is 0 Å². The van der Waals surface area contributed by atoms with Gasteiger partial charge in [-0.1, -0.05) is 30.3 Å². The molecule has 1 aromatic carbocycles. The van der Waals surface area contributed by atoms with Crippen molar-refractivity contribution in [1.82, 2.24) is 19.2 Å². The largest absolute Gasteiger partial charge is 0.330 e. The minimum absolute atomic E-state index is 0.835. The first-order chi connectivity index (χ1) is 12.8. The molecule has 0 spiro atoms. The molecule has 0 atom stereocenters. The zero-order valence-electron chi connectivity index (χ0n) is 14.9. The van der Waals surface area contributed by atoms with Crippen molar-refractivity contribution in [2.75, 3.05) is 6.54 Å². The molecule has 128 valence electrons. The molecule has 3 aromatic heterocycles. The summed E-state index contributed by atoms with van der Waals surface area (Å²) < 4.78 is 6.82. The Hall–Kier alpha value is -3.21. The van der Waals surface area contributed by atoms with E-state index in [0.29, 0.717) is 0 Å². The summed E-state index contributed by atoms with van der Waals surface area (Å²) >= 11 is 0. The quantitative estimate of drug-likeness (QED) is 0.533. The van der Waals surface area contributed by atoms with Crippen LogP contribution in [-0.2, 0) is 6.54 Å². The van der Waals surface area contributed by atoms with Gasteiger partial charge in [0.05, 0.1) is 17.1 Å². The van der Waals surface area contributed by atoms with E-state index in [1.807, 2.05) is 13.0 Å². The molecule has 5 rings (SSSR count). The number of nitrogens with zero attached hydrogens (tertiary/aromatic N) is 5. The molecule has 4 heterocycles. The topological polar surface area (TPSA) is 38.1 Å². The molecule has 5 nitrogen and oxygen atoms in total. The van der Waals surface area contributed by atoms with E-state index >= 15 is 0 Å². The molecule has 1 aliphatic rings. The molecule has 0 N–H and O–H groups in total. The molecule has 4 aromatic rings. The average Bonchev–Trinajstić information content (AvgIpc) is 3.17. The fourth-order valence-corrected chi connectivity index (χ4v) is 3.75.